The van der Waals surface area contributed by atoms with E-state index in [0.29, 0.717) is 0 Å². The largest absolute Gasteiger partial charge is 0.261 e. The molecule has 1 nitrogen and oxygen atoms in total. The number of fused-ring (bicyclic) bond motifs is 1. The van der Waals surface area contributed by atoms with E-state index in [1.807, 2.05) is 6.20 Å². The summed E-state index contributed by atoms with van der Waals surface area (Å²) in [5.74, 6) is 0. The Bertz CT molecular complexity index is 871. The van der Waals surface area contributed by atoms with Crippen molar-refractivity contribution < 1.29 is 0 Å². The van der Waals surface area contributed by atoms with Gasteiger partial charge in [-0.3, -0.25) is 4.98 Å². The molecule has 0 unspecified atom stereocenters. The number of benzene rings is 2. The molecule has 24 heavy (non-hydrogen) atoms. The van der Waals surface area contributed by atoms with Gasteiger partial charge in [0, 0.05) is 17.5 Å². The third-order valence-corrected chi connectivity index (χ3v) is 4.73. The number of aryl methyl sites for hydroxylation is 3. The molecule has 0 saturated carbocycles. The molecule has 1 aliphatic carbocycles. The maximum atomic E-state index is 4.67. The number of rotatable bonds is 4. The maximum absolute atomic E-state index is 4.67. The van der Waals surface area contributed by atoms with Crippen molar-refractivity contribution in [3.05, 3.63) is 94.8 Å². The van der Waals surface area contributed by atoms with E-state index in [9.17, 15) is 0 Å². The molecule has 0 spiro atoms. The first-order valence-electron chi connectivity index (χ1n) is 8.58. The lowest BCUT2D eigenvalue weighted by atomic mass is 10.0. The van der Waals surface area contributed by atoms with Gasteiger partial charge in [0.05, 0.1) is 0 Å². The van der Waals surface area contributed by atoms with Gasteiger partial charge < -0.3 is 0 Å². The van der Waals surface area contributed by atoms with Gasteiger partial charge in [-0.15, -0.1) is 0 Å². The lowest BCUT2D eigenvalue weighted by Crippen LogP contribution is -1.95. The fourth-order valence-corrected chi connectivity index (χ4v) is 3.21. The predicted octanol–water partition coefficient (Wildman–Crippen LogP) is 5.41. The van der Waals surface area contributed by atoms with Crippen LogP contribution in [0.5, 0.6) is 0 Å². The van der Waals surface area contributed by atoms with Crippen molar-refractivity contribution in [2.45, 2.75) is 26.2 Å². The standard InChI is InChI=1S/C23H21N/c1-17-5-7-18(8-6-17)9-13-23-14-12-22(16-24-23)21-11-10-19-3-2-4-20(19)15-21/h2-3,5-8,10-12,14-16H,4,9,13H2,1H3. The number of pyridine rings is 1. The zero-order valence-electron chi connectivity index (χ0n) is 14.0. The summed E-state index contributed by atoms with van der Waals surface area (Å²) in [6, 6.07) is 19.8. The Labute approximate surface area is 143 Å². The Balaban J connectivity index is 1.45. The lowest BCUT2D eigenvalue weighted by Gasteiger charge is -2.07. The summed E-state index contributed by atoms with van der Waals surface area (Å²) in [5.41, 5.74) is 9.06. The van der Waals surface area contributed by atoms with Gasteiger partial charge in [0.15, 0.2) is 0 Å². The fourth-order valence-electron chi connectivity index (χ4n) is 3.21. The summed E-state index contributed by atoms with van der Waals surface area (Å²) < 4.78 is 0. The minimum atomic E-state index is 0.984. The molecule has 3 aromatic rings. The summed E-state index contributed by atoms with van der Waals surface area (Å²) in [4.78, 5) is 4.67. The Hall–Kier alpha value is -2.67. The molecule has 0 aliphatic heterocycles. The highest BCUT2D eigenvalue weighted by Crippen LogP contribution is 2.26. The van der Waals surface area contributed by atoms with Gasteiger partial charge in [0.25, 0.3) is 0 Å². The molecule has 0 N–H and O–H groups in total. The van der Waals surface area contributed by atoms with Crippen LogP contribution in [-0.2, 0) is 19.3 Å². The summed E-state index contributed by atoms with van der Waals surface area (Å²) in [6.45, 7) is 2.12. The average molecular weight is 311 g/mol. The second-order valence-corrected chi connectivity index (χ2v) is 6.54. The van der Waals surface area contributed by atoms with E-state index in [-0.39, 0.29) is 0 Å². The van der Waals surface area contributed by atoms with Crippen LogP contribution in [0.4, 0.5) is 0 Å². The SMILES string of the molecule is Cc1ccc(CCc2ccc(-c3ccc4c(c3)CC=C4)cn2)cc1. The molecule has 0 fully saturated rings. The van der Waals surface area contributed by atoms with Gasteiger partial charge in [-0.25, -0.2) is 0 Å². The molecule has 1 heterocycles. The monoisotopic (exact) mass is 311 g/mol. The van der Waals surface area contributed by atoms with Crippen molar-refractivity contribution in [2.75, 3.05) is 0 Å². The first kappa shape index (κ1) is 14.9. The van der Waals surface area contributed by atoms with Crippen LogP contribution in [0.2, 0.25) is 0 Å². The van der Waals surface area contributed by atoms with Crippen LogP contribution in [0.3, 0.4) is 0 Å². The van der Waals surface area contributed by atoms with Crippen LogP contribution in [0.1, 0.15) is 27.9 Å². The molecule has 0 saturated heterocycles. The van der Waals surface area contributed by atoms with Crippen LogP contribution in [-0.4, -0.2) is 4.98 Å². The zero-order chi connectivity index (χ0) is 16.4. The van der Waals surface area contributed by atoms with Crippen molar-refractivity contribution >= 4 is 6.08 Å². The minimum absolute atomic E-state index is 0.984. The van der Waals surface area contributed by atoms with Crippen LogP contribution < -0.4 is 0 Å². The summed E-state index contributed by atoms with van der Waals surface area (Å²) >= 11 is 0. The molecule has 1 heteroatoms. The third-order valence-electron chi connectivity index (χ3n) is 4.73. The second kappa shape index (κ2) is 6.45. The third kappa shape index (κ3) is 3.16. The van der Waals surface area contributed by atoms with Gasteiger partial charge in [-0.1, -0.05) is 66.2 Å². The number of allylic oxidation sites excluding steroid dienone is 1. The molecule has 0 atom stereocenters. The fraction of sp³-hybridized carbons (Fsp3) is 0.174. The number of hydrogen-bond donors (Lipinski definition) is 0. The Morgan fingerprint density at radius 3 is 2.50 bits per heavy atom. The predicted molar refractivity (Wildman–Crippen MR) is 101 cm³/mol. The lowest BCUT2D eigenvalue weighted by molar-refractivity contribution is 0.914. The maximum Gasteiger partial charge on any atom is 0.0407 e. The minimum Gasteiger partial charge on any atom is -0.261 e. The van der Waals surface area contributed by atoms with E-state index in [1.54, 1.807) is 0 Å². The van der Waals surface area contributed by atoms with Crippen LogP contribution in [0.25, 0.3) is 17.2 Å². The number of aromatic nitrogens is 1. The van der Waals surface area contributed by atoms with Crippen molar-refractivity contribution in [1.29, 1.82) is 0 Å². The Morgan fingerprint density at radius 2 is 1.71 bits per heavy atom. The summed E-state index contributed by atoms with van der Waals surface area (Å²) in [7, 11) is 0. The quantitative estimate of drug-likeness (QED) is 0.627. The van der Waals surface area contributed by atoms with E-state index in [4.69, 9.17) is 0 Å². The molecular weight excluding hydrogens is 290 g/mol. The van der Waals surface area contributed by atoms with Gasteiger partial charge >= 0.3 is 0 Å². The normalized spacial score (nSPS) is 12.4. The van der Waals surface area contributed by atoms with Crippen molar-refractivity contribution in [1.82, 2.24) is 4.98 Å². The van der Waals surface area contributed by atoms with Crippen LogP contribution >= 0.6 is 0 Å². The van der Waals surface area contributed by atoms with E-state index in [0.717, 1.165) is 25.0 Å². The second-order valence-electron chi connectivity index (χ2n) is 6.54. The van der Waals surface area contributed by atoms with Crippen LogP contribution in [0, 0.1) is 6.92 Å². The number of nitrogens with zero attached hydrogens (tertiary/aromatic N) is 1. The van der Waals surface area contributed by atoms with Gasteiger partial charge in [0.1, 0.15) is 0 Å². The smallest absolute Gasteiger partial charge is 0.0407 e. The molecule has 4 rings (SSSR count). The van der Waals surface area contributed by atoms with Gasteiger partial charge in [-0.05, 0) is 54.5 Å². The molecule has 118 valence electrons. The molecule has 1 aliphatic rings. The molecule has 1 aromatic heterocycles. The summed E-state index contributed by atoms with van der Waals surface area (Å²) in [5, 5.41) is 0. The van der Waals surface area contributed by atoms with E-state index in [1.165, 1.54) is 33.4 Å². The molecular formula is C23H21N. The van der Waals surface area contributed by atoms with Crippen LogP contribution in [0.15, 0.2) is 66.9 Å². The molecule has 2 aromatic carbocycles. The van der Waals surface area contributed by atoms with E-state index in [2.05, 4.69) is 78.7 Å². The highest BCUT2D eigenvalue weighted by Gasteiger charge is 2.07. The number of hydrogen-bond acceptors (Lipinski definition) is 1. The van der Waals surface area contributed by atoms with Crippen molar-refractivity contribution in [3.8, 4) is 11.1 Å². The van der Waals surface area contributed by atoms with E-state index < -0.39 is 0 Å². The zero-order valence-corrected chi connectivity index (χ0v) is 14.0. The topological polar surface area (TPSA) is 12.9 Å². The molecule has 0 radical (unpaired) electrons. The highest BCUT2D eigenvalue weighted by atomic mass is 14.7. The van der Waals surface area contributed by atoms with Gasteiger partial charge in [0.2, 0.25) is 0 Å². The Morgan fingerprint density at radius 1 is 0.875 bits per heavy atom. The van der Waals surface area contributed by atoms with Crippen molar-refractivity contribution in [3.63, 3.8) is 0 Å². The van der Waals surface area contributed by atoms with E-state index >= 15 is 0 Å². The first-order chi connectivity index (χ1) is 11.8. The Kier molecular flexibility index (Phi) is 4.00. The van der Waals surface area contributed by atoms with Crippen molar-refractivity contribution in [2.24, 2.45) is 0 Å². The first-order valence-corrected chi connectivity index (χ1v) is 8.58. The average Bonchev–Trinajstić information content (AvgIpc) is 3.09. The molecule has 0 bridgehead atoms. The highest BCUT2D eigenvalue weighted by molar-refractivity contribution is 5.69. The molecule has 0 amide bonds. The van der Waals surface area contributed by atoms with Gasteiger partial charge in [-0.2, -0.15) is 0 Å². The summed E-state index contributed by atoms with van der Waals surface area (Å²) in [6.07, 6.45) is 9.50.